The summed E-state index contributed by atoms with van der Waals surface area (Å²) in [6.45, 7) is 1.09. The van der Waals surface area contributed by atoms with Crippen molar-refractivity contribution in [1.29, 1.82) is 0 Å². The number of anilines is 1. The third-order valence-corrected chi connectivity index (χ3v) is 2.89. The fraction of sp³-hybridized carbons (Fsp3) is 0.250. The van der Waals surface area contributed by atoms with Crippen LogP contribution >= 0.6 is 0 Å². The number of piperazine rings is 1. The van der Waals surface area contributed by atoms with Gasteiger partial charge in [-0.3, -0.25) is 19.7 Å². The lowest BCUT2D eigenvalue weighted by Gasteiger charge is -2.33. The highest BCUT2D eigenvalue weighted by atomic mass is 19.1. The Kier molecular flexibility index (Phi) is 3.28. The summed E-state index contributed by atoms with van der Waals surface area (Å²) in [7, 11) is 0. The van der Waals surface area contributed by atoms with E-state index in [0.717, 1.165) is 17.0 Å². The maximum Gasteiger partial charge on any atom is 0.249 e. The van der Waals surface area contributed by atoms with E-state index < -0.39 is 35.2 Å². The number of nitrogens with one attached hydrogen (secondary N) is 1. The van der Waals surface area contributed by atoms with Crippen LogP contribution in [0, 0.1) is 11.6 Å². The van der Waals surface area contributed by atoms with Crippen molar-refractivity contribution in [1.82, 2.24) is 5.32 Å². The number of rotatable bonds is 2. The number of halogens is 2. The van der Waals surface area contributed by atoms with Crippen LogP contribution in [0.5, 0.6) is 0 Å². The smallest absolute Gasteiger partial charge is 0.249 e. The van der Waals surface area contributed by atoms with Crippen LogP contribution in [0.25, 0.3) is 0 Å². The molecule has 1 unspecified atom stereocenters. The summed E-state index contributed by atoms with van der Waals surface area (Å²) in [5.74, 6) is -3.25. The molecule has 1 aromatic carbocycles. The number of benzene rings is 1. The fourth-order valence-corrected chi connectivity index (χ4v) is 1.91. The largest absolute Gasteiger partial charge is 0.346 e. The second-order valence-electron chi connectivity index (χ2n) is 4.17. The highest BCUT2D eigenvalue weighted by molar-refractivity contribution is 6.04. The highest BCUT2D eigenvalue weighted by Crippen LogP contribution is 2.27. The Morgan fingerprint density at radius 1 is 1.32 bits per heavy atom. The number of nitrogens with zero attached hydrogens (tertiary/aromatic N) is 1. The molecule has 1 heterocycles. The van der Waals surface area contributed by atoms with Gasteiger partial charge in [0.1, 0.15) is 29.6 Å². The van der Waals surface area contributed by atoms with E-state index in [4.69, 9.17) is 0 Å². The molecule has 100 valence electrons. The fourth-order valence-electron chi connectivity index (χ4n) is 1.91. The number of amides is 2. The second kappa shape index (κ2) is 4.75. The first-order chi connectivity index (χ1) is 8.93. The van der Waals surface area contributed by atoms with Crippen molar-refractivity contribution in [2.75, 3.05) is 11.4 Å². The summed E-state index contributed by atoms with van der Waals surface area (Å²) in [5, 5.41) is 2.07. The van der Waals surface area contributed by atoms with Crippen LogP contribution < -0.4 is 10.2 Å². The standard InChI is InChI=1S/C12H10F2N2O3/c1-6-12(19)15-10(18)4-16(6)11-8(13)2-7(5-17)3-9(11)14/h2-3,5-6H,4H2,1H3,(H,15,18,19). The number of carbonyl (C=O) groups is 3. The predicted octanol–water partition coefficient (Wildman–Crippen LogP) is 0.629. The monoisotopic (exact) mass is 268 g/mol. The van der Waals surface area contributed by atoms with E-state index in [1.807, 2.05) is 0 Å². The van der Waals surface area contributed by atoms with Crippen molar-refractivity contribution in [2.24, 2.45) is 0 Å². The van der Waals surface area contributed by atoms with Gasteiger partial charge in [0.2, 0.25) is 11.8 Å². The quantitative estimate of drug-likeness (QED) is 0.631. The second-order valence-corrected chi connectivity index (χ2v) is 4.17. The Labute approximate surface area is 107 Å². The minimum Gasteiger partial charge on any atom is -0.346 e. The molecule has 1 atom stereocenters. The van der Waals surface area contributed by atoms with Gasteiger partial charge in [-0.2, -0.15) is 0 Å². The molecule has 1 saturated heterocycles. The maximum absolute atomic E-state index is 13.8. The van der Waals surface area contributed by atoms with Gasteiger partial charge < -0.3 is 4.90 Å². The number of imide groups is 1. The van der Waals surface area contributed by atoms with E-state index in [1.165, 1.54) is 6.92 Å². The number of aldehydes is 1. The van der Waals surface area contributed by atoms with Gasteiger partial charge in [0.15, 0.2) is 0 Å². The first-order valence-electron chi connectivity index (χ1n) is 5.48. The van der Waals surface area contributed by atoms with Gasteiger partial charge in [-0.15, -0.1) is 0 Å². The average molecular weight is 268 g/mol. The Balaban J connectivity index is 2.48. The molecule has 2 rings (SSSR count). The molecule has 0 aliphatic carbocycles. The first kappa shape index (κ1) is 13.1. The summed E-state index contributed by atoms with van der Waals surface area (Å²) >= 11 is 0. The van der Waals surface area contributed by atoms with E-state index >= 15 is 0 Å². The van der Waals surface area contributed by atoms with Crippen molar-refractivity contribution >= 4 is 23.8 Å². The van der Waals surface area contributed by atoms with Crippen molar-refractivity contribution in [3.05, 3.63) is 29.3 Å². The molecule has 0 spiro atoms. The lowest BCUT2D eigenvalue weighted by Crippen LogP contribution is -2.57. The van der Waals surface area contributed by atoms with E-state index in [-0.39, 0.29) is 12.1 Å². The van der Waals surface area contributed by atoms with Crippen LogP contribution in [-0.4, -0.2) is 30.7 Å². The lowest BCUT2D eigenvalue weighted by molar-refractivity contribution is -0.132. The Morgan fingerprint density at radius 2 is 1.89 bits per heavy atom. The molecule has 1 aliphatic rings. The summed E-state index contributed by atoms with van der Waals surface area (Å²) in [5.41, 5.74) is -0.638. The molecule has 1 aliphatic heterocycles. The normalized spacial score (nSPS) is 19.3. The maximum atomic E-state index is 13.8. The molecule has 0 aromatic heterocycles. The summed E-state index contributed by atoms with van der Waals surface area (Å²) in [6, 6.07) is 0.827. The SMILES string of the molecule is CC1C(=O)NC(=O)CN1c1c(F)cc(C=O)cc1F. The molecular weight excluding hydrogens is 258 g/mol. The van der Waals surface area contributed by atoms with Crippen molar-refractivity contribution in [3.63, 3.8) is 0 Å². The average Bonchev–Trinajstić information content (AvgIpc) is 2.34. The number of hydrogen-bond acceptors (Lipinski definition) is 4. The molecule has 7 heteroatoms. The van der Waals surface area contributed by atoms with Gasteiger partial charge in [0.25, 0.3) is 0 Å². The molecule has 2 amide bonds. The Bertz CT molecular complexity index is 551. The lowest BCUT2D eigenvalue weighted by atomic mass is 10.1. The third-order valence-electron chi connectivity index (χ3n) is 2.89. The zero-order valence-electron chi connectivity index (χ0n) is 9.94. The summed E-state index contributed by atoms with van der Waals surface area (Å²) in [4.78, 5) is 34.3. The molecular formula is C12H10F2N2O3. The Morgan fingerprint density at radius 3 is 2.42 bits per heavy atom. The summed E-state index contributed by atoms with van der Waals surface area (Å²) in [6.07, 6.45) is 0.313. The van der Waals surface area contributed by atoms with Gasteiger partial charge >= 0.3 is 0 Å². The number of hydrogen-bond donors (Lipinski definition) is 1. The van der Waals surface area contributed by atoms with Crippen LogP contribution in [0.3, 0.4) is 0 Å². The van der Waals surface area contributed by atoms with Crippen molar-refractivity contribution in [3.8, 4) is 0 Å². The zero-order valence-corrected chi connectivity index (χ0v) is 9.94. The third kappa shape index (κ3) is 2.31. The van der Waals surface area contributed by atoms with Crippen LogP contribution in [0.1, 0.15) is 17.3 Å². The van der Waals surface area contributed by atoms with Crippen LogP contribution in [0.4, 0.5) is 14.5 Å². The molecule has 19 heavy (non-hydrogen) atoms. The van der Waals surface area contributed by atoms with Crippen LogP contribution in [0.2, 0.25) is 0 Å². The molecule has 0 radical (unpaired) electrons. The topological polar surface area (TPSA) is 66.5 Å². The zero-order chi connectivity index (χ0) is 14.2. The van der Waals surface area contributed by atoms with E-state index in [2.05, 4.69) is 5.32 Å². The van der Waals surface area contributed by atoms with Gasteiger partial charge in [-0.05, 0) is 19.1 Å². The first-order valence-corrected chi connectivity index (χ1v) is 5.48. The minimum absolute atomic E-state index is 0.154. The van der Waals surface area contributed by atoms with Gasteiger partial charge in [-0.1, -0.05) is 0 Å². The van der Waals surface area contributed by atoms with Crippen LogP contribution in [-0.2, 0) is 9.59 Å². The van der Waals surface area contributed by atoms with Gasteiger partial charge in [0, 0.05) is 5.56 Å². The molecule has 0 saturated carbocycles. The van der Waals surface area contributed by atoms with Crippen molar-refractivity contribution in [2.45, 2.75) is 13.0 Å². The molecule has 5 nitrogen and oxygen atoms in total. The molecule has 1 fully saturated rings. The minimum atomic E-state index is -0.989. The van der Waals surface area contributed by atoms with Crippen molar-refractivity contribution < 1.29 is 23.2 Å². The number of carbonyl (C=O) groups excluding carboxylic acids is 3. The summed E-state index contributed by atoms with van der Waals surface area (Å²) < 4.78 is 27.7. The van der Waals surface area contributed by atoms with Crippen LogP contribution in [0.15, 0.2) is 12.1 Å². The predicted molar refractivity (Wildman–Crippen MR) is 61.7 cm³/mol. The molecule has 1 N–H and O–H groups in total. The molecule has 0 bridgehead atoms. The Hall–Kier alpha value is -2.31. The van der Waals surface area contributed by atoms with Gasteiger partial charge in [0.05, 0.1) is 6.54 Å². The van der Waals surface area contributed by atoms with E-state index in [1.54, 1.807) is 0 Å². The molecule has 1 aromatic rings. The van der Waals surface area contributed by atoms with E-state index in [9.17, 15) is 23.2 Å². The van der Waals surface area contributed by atoms with Gasteiger partial charge in [-0.25, -0.2) is 8.78 Å². The highest BCUT2D eigenvalue weighted by Gasteiger charge is 2.33. The van der Waals surface area contributed by atoms with E-state index in [0.29, 0.717) is 6.29 Å².